The highest BCUT2D eigenvalue weighted by atomic mass is 32.2. The van der Waals surface area contributed by atoms with Crippen molar-refractivity contribution in [2.24, 2.45) is 0 Å². The summed E-state index contributed by atoms with van der Waals surface area (Å²) < 4.78 is 33.3. The second-order valence-electron chi connectivity index (χ2n) is 8.18. The zero-order valence-corrected chi connectivity index (χ0v) is 20.7. The second kappa shape index (κ2) is 11.1. The van der Waals surface area contributed by atoms with Gasteiger partial charge in [-0.05, 0) is 48.7 Å². The van der Waals surface area contributed by atoms with Gasteiger partial charge in [0.25, 0.3) is 15.9 Å². The molecule has 34 heavy (non-hydrogen) atoms. The predicted octanol–water partition coefficient (Wildman–Crippen LogP) is 3.63. The SMILES string of the molecule is COc1cccc(C(=O)NCc2ccc(S(=O)(=O)N3CCC(NCc4ccccc4)CC3)s2)c1. The van der Waals surface area contributed by atoms with Crippen molar-refractivity contribution in [2.45, 2.75) is 36.2 Å². The maximum atomic E-state index is 13.1. The number of amides is 1. The summed E-state index contributed by atoms with van der Waals surface area (Å²) in [7, 11) is -1.99. The fourth-order valence-electron chi connectivity index (χ4n) is 3.91. The molecule has 0 atom stereocenters. The van der Waals surface area contributed by atoms with E-state index in [0.29, 0.717) is 34.7 Å². The molecule has 180 valence electrons. The Bertz CT molecular complexity index is 1200. The summed E-state index contributed by atoms with van der Waals surface area (Å²) in [6.45, 7) is 2.04. The van der Waals surface area contributed by atoms with E-state index in [-0.39, 0.29) is 12.5 Å². The van der Waals surface area contributed by atoms with Crippen molar-refractivity contribution in [1.29, 1.82) is 0 Å². The quantitative estimate of drug-likeness (QED) is 0.470. The summed E-state index contributed by atoms with van der Waals surface area (Å²) in [5.41, 5.74) is 1.72. The molecular weight excluding hydrogens is 470 g/mol. The number of hydrogen-bond donors (Lipinski definition) is 2. The number of carbonyl (C=O) groups excluding carboxylic acids is 1. The van der Waals surface area contributed by atoms with Crippen molar-refractivity contribution < 1.29 is 17.9 Å². The minimum atomic E-state index is -3.54. The molecule has 9 heteroatoms. The number of carbonyl (C=O) groups is 1. The van der Waals surface area contributed by atoms with Gasteiger partial charge in [0.1, 0.15) is 9.96 Å². The molecule has 2 aromatic carbocycles. The van der Waals surface area contributed by atoms with E-state index in [2.05, 4.69) is 22.8 Å². The number of hydrogen-bond acceptors (Lipinski definition) is 6. The number of thiophene rings is 1. The van der Waals surface area contributed by atoms with Gasteiger partial charge >= 0.3 is 0 Å². The lowest BCUT2D eigenvalue weighted by Gasteiger charge is -2.31. The molecule has 2 heterocycles. The molecule has 3 aromatic rings. The number of ether oxygens (including phenoxy) is 1. The Hall–Kier alpha value is -2.72. The fraction of sp³-hybridized carbons (Fsp3) is 0.320. The number of rotatable bonds is 9. The molecule has 2 N–H and O–H groups in total. The summed E-state index contributed by atoms with van der Waals surface area (Å²) >= 11 is 1.20. The monoisotopic (exact) mass is 499 g/mol. The Morgan fingerprint density at radius 3 is 2.53 bits per heavy atom. The summed E-state index contributed by atoms with van der Waals surface area (Å²) in [6.07, 6.45) is 1.56. The topological polar surface area (TPSA) is 87.7 Å². The lowest BCUT2D eigenvalue weighted by Crippen LogP contribution is -2.44. The molecule has 1 fully saturated rings. The Labute approximate surface area is 204 Å². The summed E-state index contributed by atoms with van der Waals surface area (Å²) in [4.78, 5) is 13.2. The maximum Gasteiger partial charge on any atom is 0.252 e. The van der Waals surface area contributed by atoms with Crippen LogP contribution < -0.4 is 15.4 Å². The molecule has 0 unspecified atom stereocenters. The van der Waals surface area contributed by atoms with E-state index in [0.717, 1.165) is 24.3 Å². The van der Waals surface area contributed by atoms with Gasteiger partial charge in [-0.1, -0.05) is 36.4 Å². The Morgan fingerprint density at radius 2 is 1.79 bits per heavy atom. The summed E-state index contributed by atoms with van der Waals surface area (Å²) in [5, 5.41) is 6.38. The number of sulfonamides is 1. The number of methoxy groups -OCH3 is 1. The first-order valence-corrected chi connectivity index (χ1v) is 13.5. The smallest absolute Gasteiger partial charge is 0.252 e. The third-order valence-electron chi connectivity index (χ3n) is 5.88. The van der Waals surface area contributed by atoms with E-state index in [1.54, 1.807) is 47.8 Å². The van der Waals surface area contributed by atoms with E-state index in [9.17, 15) is 13.2 Å². The fourth-order valence-corrected chi connectivity index (χ4v) is 6.83. The lowest BCUT2D eigenvalue weighted by molar-refractivity contribution is 0.0951. The van der Waals surface area contributed by atoms with Crippen LogP contribution in [-0.4, -0.2) is 44.9 Å². The van der Waals surface area contributed by atoms with Crippen molar-refractivity contribution >= 4 is 27.3 Å². The normalized spacial score (nSPS) is 15.2. The third kappa shape index (κ3) is 6.04. The number of nitrogens with one attached hydrogen (secondary N) is 2. The zero-order valence-electron chi connectivity index (χ0n) is 19.1. The second-order valence-corrected chi connectivity index (χ2v) is 11.5. The van der Waals surface area contributed by atoms with E-state index in [1.807, 2.05) is 18.2 Å². The summed E-state index contributed by atoms with van der Waals surface area (Å²) in [5.74, 6) is 0.373. The van der Waals surface area contributed by atoms with E-state index in [4.69, 9.17) is 4.74 Å². The van der Waals surface area contributed by atoms with Gasteiger partial charge in [-0.3, -0.25) is 4.79 Å². The number of piperidine rings is 1. The molecule has 1 saturated heterocycles. The van der Waals surface area contributed by atoms with Crippen molar-refractivity contribution in [2.75, 3.05) is 20.2 Å². The van der Waals surface area contributed by atoms with Crippen molar-refractivity contribution in [3.63, 3.8) is 0 Å². The number of benzene rings is 2. The largest absolute Gasteiger partial charge is 0.497 e. The standard InChI is InChI=1S/C25H29N3O4S2/c1-32-22-9-5-8-20(16-22)25(29)27-18-23-10-11-24(33-23)34(30,31)28-14-12-21(13-15-28)26-17-19-6-3-2-4-7-19/h2-11,16,21,26H,12-15,17-18H2,1H3,(H,27,29). The van der Waals surface area contributed by atoms with Crippen LogP contribution in [0.25, 0.3) is 0 Å². The van der Waals surface area contributed by atoms with Crippen LogP contribution in [-0.2, 0) is 23.1 Å². The summed E-state index contributed by atoms with van der Waals surface area (Å²) in [6, 6.07) is 20.8. The van der Waals surface area contributed by atoms with Gasteiger partial charge in [0, 0.05) is 36.1 Å². The molecule has 4 rings (SSSR count). The van der Waals surface area contributed by atoms with Crippen molar-refractivity contribution in [3.8, 4) is 5.75 Å². The van der Waals surface area contributed by atoms with Crippen LogP contribution in [0.15, 0.2) is 70.9 Å². The molecule has 1 aliphatic heterocycles. The maximum absolute atomic E-state index is 13.1. The molecular formula is C25H29N3O4S2. The molecule has 7 nitrogen and oxygen atoms in total. The van der Waals surface area contributed by atoms with Crippen LogP contribution in [0.1, 0.15) is 33.6 Å². The van der Waals surface area contributed by atoms with E-state index < -0.39 is 10.0 Å². The van der Waals surface area contributed by atoms with Gasteiger partial charge in [-0.25, -0.2) is 8.42 Å². The van der Waals surface area contributed by atoms with Crippen LogP contribution in [0.4, 0.5) is 0 Å². The Morgan fingerprint density at radius 1 is 1.03 bits per heavy atom. The molecule has 1 aliphatic rings. The molecule has 0 bridgehead atoms. The van der Waals surface area contributed by atoms with Gasteiger partial charge in [-0.15, -0.1) is 11.3 Å². The third-order valence-corrected chi connectivity index (χ3v) is 9.33. The van der Waals surface area contributed by atoms with Crippen LogP contribution in [0.5, 0.6) is 5.75 Å². The molecule has 1 aromatic heterocycles. The van der Waals surface area contributed by atoms with Gasteiger partial charge in [0.2, 0.25) is 0 Å². The van der Waals surface area contributed by atoms with E-state index >= 15 is 0 Å². The van der Waals surface area contributed by atoms with Crippen LogP contribution in [0.2, 0.25) is 0 Å². The molecule has 0 saturated carbocycles. The lowest BCUT2D eigenvalue weighted by atomic mass is 10.1. The highest BCUT2D eigenvalue weighted by Gasteiger charge is 2.30. The van der Waals surface area contributed by atoms with Gasteiger partial charge in [-0.2, -0.15) is 4.31 Å². The van der Waals surface area contributed by atoms with Crippen LogP contribution >= 0.6 is 11.3 Å². The van der Waals surface area contributed by atoms with Gasteiger partial charge in [0.15, 0.2) is 0 Å². The Balaban J connectivity index is 1.29. The van der Waals surface area contributed by atoms with Crippen molar-refractivity contribution in [1.82, 2.24) is 14.9 Å². The number of nitrogens with zero attached hydrogens (tertiary/aromatic N) is 1. The van der Waals surface area contributed by atoms with Crippen LogP contribution in [0, 0.1) is 0 Å². The van der Waals surface area contributed by atoms with Crippen LogP contribution in [0.3, 0.4) is 0 Å². The molecule has 1 amide bonds. The first kappa shape index (κ1) is 24.4. The van der Waals surface area contributed by atoms with Gasteiger partial charge < -0.3 is 15.4 Å². The molecule has 0 aliphatic carbocycles. The minimum Gasteiger partial charge on any atom is -0.497 e. The van der Waals surface area contributed by atoms with Gasteiger partial charge in [0.05, 0.1) is 13.7 Å². The van der Waals surface area contributed by atoms with E-state index in [1.165, 1.54) is 16.9 Å². The highest BCUT2D eigenvalue weighted by Crippen LogP contribution is 2.27. The average Bonchev–Trinajstić information content (AvgIpc) is 3.37. The first-order valence-electron chi connectivity index (χ1n) is 11.2. The molecule has 0 spiro atoms. The minimum absolute atomic E-state index is 0.234. The van der Waals surface area contributed by atoms with Crippen molar-refractivity contribution in [3.05, 3.63) is 82.7 Å². The first-order chi connectivity index (χ1) is 16.5. The highest BCUT2D eigenvalue weighted by molar-refractivity contribution is 7.91. The molecule has 0 radical (unpaired) electrons. The Kier molecular flexibility index (Phi) is 7.99. The zero-order chi connectivity index (χ0) is 24.0. The average molecular weight is 500 g/mol. The predicted molar refractivity (Wildman–Crippen MR) is 134 cm³/mol.